The summed E-state index contributed by atoms with van der Waals surface area (Å²) in [6.07, 6.45) is 2.35. The van der Waals surface area contributed by atoms with Crippen molar-refractivity contribution in [2.45, 2.75) is 37.3 Å². The number of amides is 1. The van der Waals surface area contributed by atoms with Gasteiger partial charge in [0.2, 0.25) is 0 Å². The van der Waals surface area contributed by atoms with Gasteiger partial charge in [-0.05, 0) is 31.4 Å². The summed E-state index contributed by atoms with van der Waals surface area (Å²) in [5.41, 5.74) is 0.587. The van der Waals surface area contributed by atoms with Crippen molar-refractivity contribution in [2.24, 2.45) is 4.99 Å². The van der Waals surface area contributed by atoms with Crippen LogP contribution in [0.25, 0.3) is 0 Å². The number of carbonyl (C=O) groups is 1. The van der Waals surface area contributed by atoms with Crippen LogP contribution in [-0.4, -0.2) is 73.6 Å². The number of aliphatic imine (C=N–C) groups is 1. The predicted octanol–water partition coefficient (Wildman–Crippen LogP) is 2.23. The van der Waals surface area contributed by atoms with Gasteiger partial charge >= 0.3 is 0 Å². The Kier molecular flexibility index (Phi) is 5.73. The van der Waals surface area contributed by atoms with Gasteiger partial charge in [0, 0.05) is 62.4 Å². The molecule has 3 unspecified atom stereocenters. The zero-order valence-corrected chi connectivity index (χ0v) is 16.8. The fourth-order valence-electron chi connectivity index (χ4n) is 4.12. The lowest BCUT2D eigenvalue weighted by atomic mass is 10.1. The Bertz CT molecular complexity index is 740. The van der Waals surface area contributed by atoms with Crippen LogP contribution in [0.4, 0.5) is 4.39 Å². The molecule has 1 aromatic rings. The Balaban J connectivity index is 1.31. The maximum Gasteiger partial charge on any atom is 0.251 e. The van der Waals surface area contributed by atoms with Crippen LogP contribution in [-0.2, 0) is 9.53 Å². The second-order valence-electron chi connectivity index (χ2n) is 7.59. The molecule has 3 atom stereocenters. The molecule has 0 spiro atoms. The second-order valence-corrected chi connectivity index (χ2v) is 8.00. The van der Waals surface area contributed by atoms with Gasteiger partial charge in [-0.2, -0.15) is 0 Å². The SMILES string of the molecule is CN=C(NC1CC1c1c(F)cccc1Cl)N1CCN(C(=O)C2CCCO2)CC1. The van der Waals surface area contributed by atoms with Gasteiger partial charge in [0.15, 0.2) is 5.96 Å². The topological polar surface area (TPSA) is 57.2 Å². The maximum absolute atomic E-state index is 14.1. The molecule has 0 aromatic heterocycles. The number of rotatable bonds is 3. The lowest BCUT2D eigenvalue weighted by Crippen LogP contribution is -2.55. The first-order valence-electron chi connectivity index (χ1n) is 9.91. The van der Waals surface area contributed by atoms with Gasteiger partial charge in [-0.25, -0.2) is 4.39 Å². The lowest BCUT2D eigenvalue weighted by molar-refractivity contribution is -0.142. The lowest BCUT2D eigenvalue weighted by Gasteiger charge is -2.37. The number of hydrogen-bond acceptors (Lipinski definition) is 3. The summed E-state index contributed by atoms with van der Waals surface area (Å²) in [4.78, 5) is 20.9. The fourth-order valence-corrected chi connectivity index (χ4v) is 4.42. The number of piperazine rings is 1. The van der Waals surface area contributed by atoms with E-state index in [4.69, 9.17) is 16.3 Å². The molecule has 1 saturated carbocycles. The second kappa shape index (κ2) is 8.25. The van der Waals surface area contributed by atoms with E-state index < -0.39 is 0 Å². The van der Waals surface area contributed by atoms with Gasteiger partial charge in [0.05, 0.1) is 0 Å². The average Bonchev–Trinajstić information content (AvgIpc) is 3.22. The number of hydrogen-bond donors (Lipinski definition) is 1. The van der Waals surface area contributed by atoms with E-state index in [9.17, 15) is 9.18 Å². The highest BCUT2D eigenvalue weighted by atomic mass is 35.5. The summed E-state index contributed by atoms with van der Waals surface area (Å²) in [5.74, 6) is 0.714. The third-order valence-corrected chi connectivity index (χ3v) is 6.11. The van der Waals surface area contributed by atoms with Crippen molar-refractivity contribution in [3.05, 3.63) is 34.6 Å². The summed E-state index contributed by atoms with van der Waals surface area (Å²) >= 11 is 6.19. The molecule has 6 nitrogen and oxygen atoms in total. The highest BCUT2D eigenvalue weighted by Crippen LogP contribution is 2.45. The highest BCUT2D eigenvalue weighted by Gasteiger charge is 2.42. The molecule has 0 bridgehead atoms. The first-order valence-corrected chi connectivity index (χ1v) is 10.3. The zero-order valence-electron chi connectivity index (χ0n) is 16.0. The molecule has 1 aliphatic carbocycles. The van der Waals surface area contributed by atoms with Crippen LogP contribution in [0.3, 0.4) is 0 Å². The minimum atomic E-state index is -0.262. The molecular formula is C20H26ClFN4O2. The number of nitrogens with one attached hydrogen (secondary N) is 1. The highest BCUT2D eigenvalue weighted by molar-refractivity contribution is 6.31. The van der Waals surface area contributed by atoms with Gasteiger partial charge in [-0.3, -0.25) is 9.79 Å². The third-order valence-electron chi connectivity index (χ3n) is 5.78. The van der Waals surface area contributed by atoms with Crippen molar-refractivity contribution in [1.82, 2.24) is 15.1 Å². The minimum absolute atomic E-state index is 0.0628. The summed E-state index contributed by atoms with van der Waals surface area (Å²) < 4.78 is 19.6. The molecule has 3 fully saturated rings. The largest absolute Gasteiger partial charge is 0.368 e. The van der Waals surface area contributed by atoms with E-state index in [1.165, 1.54) is 6.07 Å². The van der Waals surface area contributed by atoms with Crippen molar-refractivity contribution >= 4 is 23.5 Å². The average molecular weight is 409 g/mol. The van der Waals surface area contributed by atoms with Gasteiger partial charge in [0.25, 0.3) is 5.91 Å². The molecule has 3 aliphatic rings. The smallest absolute Gasteiger partial charge is 0.251 e. The minimum Gasteiger partial charge on any atom is -0.368 e. The molecule has 1 amide bonds. The van der Waals surface area contributed by atoms with Crippen LogP contribution < -0.4 is 5.32 Å². The molecule has 1 aromatic carbocycles. The summed E-state index contributed by atoms with van der Waals surface area (Å²) in [6, 6.07) is 4.94. The molecule has 4 rings (SSSR count). The van der Waals surface area contributed by atoms with Crippen LogP contribution >= 0.6 is 11.6 Å². The van der Waals surface area contributed by atoms with Gasteiger partial charge in [0.1, 0.15) is 11.9 Å². The van der Waals surface area contributed by atoms with Crippen LogP contribution in [0.1, 0.15) is 30.7 Å². The van der Waals surface area contributed by atoms with E-state index in [0.717, 1.165) is 38.3 Å². The van der Waals surface area contributed by atoms with Gasteiger partial charge in [-0.1, -0.05) is 17.7 Å². The number of benzene rings is 1. The number of carbonyl (C=O) groups excluding carboxylic acids is 1. The first kappa shape index (κ1) is 19.5. The van der Waals surface area contributed by atoms with Crippen molar-refractivity contribution in [2.75, 3.05) is 39.8 Å². The van der Waals surface area contributed by atoms with E-state index >= 15 is 0 Å². The Morgan fingerprint density at radius 3 is 2.68 bits per heavy atom. The normalized spacial score (nSPS) is 27.8. The van der Waals surface area contributed by atoms with Crippen molar-refractivity contribution < 1.29 is 13.9 Å². The van der Waals surface area contributed by atoms with Gasteiger partial charge < -0.3 is 19.9 Å². The standard InChI is InChI=1S/C20H26ClFN4O2/c1-23-20(24-16-12-13(16)18-14(21)4-2-5-15(18)22)26-9-7-25(8-10-26)19(27)17-6-3-11-28-17/h2,4-5,13,16-17H,3,6-12H2,1H3,(H,23,24). The molecule has 8 heteroatoms. The van der Waals surface area contributed by atoms with Gasteiger partial charge in [-0.15, -0.1) is 0 Å². The third kappa shape index (κ3) is 3.96. The van der Waals surface area contributed by atoms with Crippen LogP contribution in [0, 0.1) is 5.82 Å². The molecule has 2 aliphatic heterocycles. The van der Waals surface area contributed by atoms with E-state index in [2.05, 4.69) is 15.2 Å². The van der Waals surface area contributed by atoms with Crippen LogP contribution in [0.5, 0.6) is 0 Å². The Hall–Kier alpha value is -1.86. The molecule has 0 radical (unpaired) electrons. The van der Waals surface area contributed by atoms with Crippen LogP contribution in [0.15, 0.2) is 23.2 Å². The Labute approximate surface area is 169 Å². The summed E-state index contributed by atoms with van der Waals surface area (Å²) in [6.45, 7) is 3.44. The Morgan fingerprint density at radius 1 is 1.29 bits per heavy atom. The summed E-state index contributed by atoms with van der Waals surface area (Å²) in [7, 11) is 1.75. The molecule has 152 valence electrons. The van der Waals surface area contributed by atoms with Crippen molar-refractivity contribution in [3.63, 3.8) is 0 Å². The monoisotopic (exact) mass is 408 g/mol. The molecule has 2 heterocycles. The molecule has 28 heavy (non-hydrogen) atoms. The van der Waals surface area contributed by atoms with Crippen LogP contribution in [0.2, 0.25) is 5.02 Å². The van der Waals surface area contributed by atoms with E-state index in [-0.39, 0.29) is 29.8 Å². The first-order chi connectivity index (χ1) is 13.6. The van der Waals surface area contributed by atoms with E-state index in [1.54, 1.807) is 19.2 Å². The number of halogens is 2. The van der Waals surface area contributed by atoms with Crippen molar-refractivity contribution in [1.29, 1.82) is 0 Å². The predicted molar refractivity (Wildman–Crippen MR) is 106 cm³/mol. The van der Waals surface area contributed by atoms with E-state index in [0.29, 0.717) is 30.3 Å². The number of ether oxygens (including phenoxy) is 1. The molecular weight excluding hydrogens is 383 g/mol. The maximum atomic E-state index is 14.1. The number of guanidine groups is 1. The quantitative estimate of drug-likeness (QED) is 0.615. The molecule has 2 saturated heterocycles. The Morgan fingerprint density at radius 2 is 2.04 bits per heavy atom. The fraction of sp³-hybridized carbons (Fsp3) is 0.600. The summed E-state index contributed by atoms with van der Waals surface area (Å²) in [5, 5.41) is 3.91. The number of nitrogens with zero attached hydrogens (tertiary/aromatic N) is 3. The van der Waals surface area contributed by atoms with E-state index in [1.807, 2.05) is 4.90 Å². The molecule has 1 N–H and O–H groups in total. The van der Waals surface area contributed by atoms with Crippen molar-refractivity contribution in [3.8, 4) is 0 Å². The zero-order chi connectivity index (χ0) is 19.7.